The van der Waals surface area contributed by atoms with Crippen LogP contribution in [0.15, 0.2) is 66.7 Å². The van der Waals surface area contributed by atoms with Crippen molar-refractivity contribution in [3.05, 3.63) is 72.3 Å². The zero-order valence-electron chi connectivity index (χ0n) is 12.8. The molecule has 0 saturated heterocycles. The number of hydrogen-bond donors (Lipinski definition) is 2. The van der Waals surface area contributed by atoms with E-state index in [4.69, 9.17) is 0 Å². The van der Waals surface area contributed by atoms with E-state index >= 15 is 0 Å². The second kappa shape index (κ2) is 5.27. The number of para-hydroxylation sites is 2. The monoisotopic (exact) mass is 301 g/mol. The third-order valence-electron chi connectivity index (χ3n) is 4.35. The van der Waals surface area contributed by atoms with Gasteiger partial charge in [0, 0.05) is 16.5 Å². The first kappa shape index (κ1) is 14.1. The number of fused-ring (bicyclic) bond motifs is 3. The highest BCUT2D eigenvalue weighted by molar-refractivity contribution is 6.59. The molecule has 0 amide bonds. The smallest absolute Gasteiger partial charge is 0.423 e. The standard InChI is InChI=1S/C19H16BNO2/c1-13-6-2-4-8-17(13)21-18-9-5-3-7-15(18)16-12-14(20(22)23)10-11-19(16)21/h2-12,22-23H,1H3. The summed E-state index contributed by atoms with van der Waals surface area (Å²) in [6.45, 7) is 2.10. The molecule has 112 valence electrons. The third-order valence-corrected chi connectivity index (χ3v) is 4.35. The molecule has 0 spiro atoms. The van der Waals surface area contributed by atoms with Gasteiger partial charge in [-0.1, -0.05) is 48.5 Å². The van der Waals surface area contributed by atoms with Crippen LogP contribution >= 0.6 is 0 Å². The third kappa shape index (κ3) is 2.15. The van der Waals surface area contributed by atoms with Crippen LogP contribution in [0, 0.1) is 6.92 Å². The van der Waals surface area contributed by atoms with Crippen LogP contribution in [0.1, 0.15) is 5.56 Å². The fraction of sp³-hybridized carbons (Fsp3) is 0.0526. The fourth-order valence-corrected chi connectivity index (χ4v) is 3.22. The average Bonchev–Trinajstić information content (AvgIpc) is 2.89. The molecule has 2 N–H and O–H groups in total. The van der Waals surface area contributed by atoms with E-state index in [9.17, 15) is 10.0 Å². The van der Waals surface area contributed by atoms with Crippen LogP contribution in [0.4, 0.5) is 0 Å². The minimum Gasteiger partial charge on any atom is -0.423 e. The van der Waals surface area contributed by atoms with Gasteiger partial charge in [0.1, 0.15) is 0 Å². The molecule has 0 saturated carbocycles. The Balaban J connectivity index is 2.16. The quantitative estimate of drug-likeness (QED) is 0.559. The Hall–Kier alpha value is -2.56. The number of nitrogens with zero attached hydrogens (tertiary/aromatic N) is 1. The molecule has 0 radical (unpaired) electrons. The van der Waals surface area contributed by atoms with Crippen molar-refractivity contribution in [2.24, 2.45) is 0 Å². The molecule has 4 aromatic rings. The van der Waals surface area contributed by atoms with Gasteiger partial charge < -0.3 is 14.6 Å². The number of benzene rings is 3. The summed E-state index contributed by atoms with van der Waals surface area (Å²) in [5.41, 5.74) is 5.01. The van der Waals surface area contributed by atoms with Gasteiger partial charge in [-0.2, -0.15) is 0 Å². The summed E-state index contributed by atoms with van der Waals surface area (Å²) in [5, 5.41) is 21.1. The molecule has 0 aliphatic carbocycles. The molecule has 3 nitrogen and oxygen atoms in total. The molecule has 4 rings (SSSR count). The summed E-state index contributed by atoms with van der Waals surface area (Å²) in [6, 6.07) is 22.1. The maximum atomic E-state index is 9.47. The lowest BCUT2D eigenvalue weighted by molar-refractivity contribution is 0.426. The molecule has 0 aliphatic heterocycles. The van der Waals surface area contributed by atoms with Crippen LogP contribution in [0.5, 0.6) is 0 Å². The normalized spacial score (nSPS) is 11.3. The van der Waals surface area contributed by atoms with Crippen LogP contribution in [-0.2, 0) is 0 Å². The van der Waals surface area contributed by atoms with E-state index < -0.39 is 7.12 Å². The first-order valence-electron chi connectivity index (χ1n) is 7.62. The topological polar surface area (TPSA) is 45.4 Å². The highest BCUT2D eigenvalue weighted by Crippen LogP contribution is 2.32. The Morgan fingerprint density at radius 2 is 1.48 bits per heavy atom. The zero-order chi connectivity index (χ0) is 16.0. The van der Waals surface area contributed by atoms with E-state index in [1.807, 2.05) is 36.4 Å². The number of hydrogen-bond acceptors (Lipinski definition) is 2. The van der Waals surface area contributed by atoms with Crippen molar-refractivity contribution in [3.63, 3.8) is 0 Å². The molecule has 1 aromatic heterocycles. The van der Waals surface area contributed by atoms with E-state index in [-0.39, 0.29) is 0 Å². The zero-order valence-corrected chi connectivity index (χ0v) is 12.8. The second-order valence-corrected chi connectivity index (χ2v) is 5.79. The SMILES string of the molecule is Cc1ccccc1-n1c2ccccc2c2cc(B(O)O)ccc21. The highest BCUT2D eigenvalue weighted by Gasteiger charge is 2.16. The Morgan fingerprint density at radius 1 is 0.783 bits per heavy atom. The second-order valence-electron chi connectivity index (χ2n) is 5.79. The highest BCUT2D eigenvalue weighted by atomic mass is 16.4. The largest absolute Gasteiger partial charge is 0.488 e. The molecule has 0 atom stereocenters. The van der Waals surface area contributed by atoms with Crippen LogP contribution in [0.2, 0.25) is 0 Å². The van der Waals surface area contributed by atoms with Gasteiger partial charge in [-0.15, -0.1) is 0 Å². The van der Waals surface area contributed by atoms with Gasteiger partial charge in [0.05, 0.1) is 11.0 Å². The molecule has 0 unspecified atom stereocenters. The molecular weight excluding hydrogens is 285 g/mol. The maximum absolute atomic E-state index is 9.47. The van der Waals surface area contributed by atoms with Crippen molar-refractivity contribution in [3.8, 4) is 5.69 Å². The number of aryl methyl sites for hydroxylation is 1. The molecule has 23 heavy (non-hydrogen) atoms. The molecule has 3 aromatic carbocycles. The molecule has 1 heterocycles. The molecular formula is C19H16BNO2. The number of aromatic nitrogens is 1. The minimum atomic E-state index is -1.46. The predicted molar refractivity (Wildman–Crippen MR) is 95.3 cm³/mol. The van der Waals surface area contributed by atoms with E-state index in [1.165, 1.54) is 5.56 Å². The lowest BCUT2D eigenvalue weighted by Gasteiger charge is -2.11. The van der Waals surface area contributed by atoms with Gasteiger partial charge in [0.25, 0.3) is 0 Å². The van der Waals surface area contributed by atoms with E-state index in [1.54, 1.807) is 6.07 Å². The van der Waals surface area contributed by atoms with Gasteiger partial charge in [-0.3, -0.25) is 0 Å². The Bertz CT molecular complexity index is 1020. The first-order valence-corrected chi connectivity index (χ1v) is 7.62. The van der Waals surface area contributed by atoms with Gasteiger partial charge in [-0.25, -0.2) is 0 Å². The van der Waals surface area contributed by atoms with Crippen LogP contribution < -0.4 is 5.46 Å². The maximum Gasteiger partial charge on any atom is 0.488 e. The van der Waals surface area contributed by atoms with Gasteiger partial charge in [0.15, 0.2) is 0 Å². The summed E-state index contributed by atoms with van der Waals surface area (Å²) >= 11 is 0. The van der Waals surface area contributed by atoms with E-state index in [2.05, 4.69) is 35.8 Å². The molecule has 0 aliphatic rings. The van der Waals surface area contributed by atoms with Crippen molar-refractivity contribution in [1.82, 2.24) is 4.57 Å². The number of rotatable bonds is 2. The van der Waals surface area contributed by atoms with Crippen LogP contribution in [0.3, 0.4) is 0 Å². The van der Waals surface area contributed by atoms with Crippen molar-refractivity contribution < 1.29 is 10.0 Å². The summed E-state index contributed by atoms with van der Waals surface area (Å²) in [6.07, 6.45) is 0. The summed E-state index contributed by atoms with van der Waals surface area (Å²) < 4.78 is 2.23. The van der Waals surface area contributed by atoms with Crippen molar-refractivity contribution >= 4 is 34.4 Å². The summed E-state index contributed by atoms with van der Waals surface area (Å²) in [5.74, 6) is 0. The predicted octanol–water partition coefficient (Wildman–Crippen LogP) is 2.77. The van der Waals surface area contributed by atoms with Crippen molar-refractivity contribution in [1.29, 1.82) is 0 Å². The Labute approximate surface area is 134 Å². The van der Waals surface area contributed by atoms with Crippen molar-refractivity contribution in [2.45, 2.75) is 6.92 Å². The molecule has 4 heteroatoms. The van der Waals surface area contributed by atoms with Gasteiger partial charge in [-0.05, 0) is 36.1 Å². The van der Waals surface area contributed by atoms with Crippen molar-refractivity contribution in [2.75, 3.05) is 0 Å². The van der Waals surface area contributed by atoms with Gasteiger partial charge >= 0.3 is 7.12 Å². The lowest BCUT2D eigenvalue weighted by atomic mass is 9.80. The lowest BCUT2D eigenvalue weighted by Crippen LogP contribution is -2.29. The summed E-state index contributed by atoms with van der Waals surface area (Å²) in [7, 11) is -1.46. The molecule has 0 bridgehead atoms. The van der Waals surface area contributed by atoms with E-state index in [0.717, 1.165) is 27.5 Å². The van der Waals surface area contributed by atoms with Gasteiger partial charge in [0.2, 0.25) is 0 Å². The molecule has 0 fully saturated rings. The average molecular weight is 301 g/mol. The first-order chi connectivity index (χ1) is 11.2. The summed E-state index contributed by atoms with van der Waals surface area (Å²) in [4.78, 5) is 0. The Morgan fingerprint density at radius 3 is 2.26 bits per heavy atom. The fourth-order valence-electron chi connectivity index (χ4n) is 3.22. The minimum absolute atomic E-state index is 0.505. The van der Waals surface area contributed by atoms with Crippen LogP contribution in [-0.4, -0.2) is 21.7 Å². The Kier molecular flexibility index (Phi) is 3.22. The van der Waals surface area contributed by atoms with Crippen LogP contribution in [0.25, 0.3) is 27.5 Å². The van der Waals surface area contributed by atoms with E-state index in [0.29, 0.717) is 5.46 Å².